The van der Waals surface area contributed by atoms with Gasteiger partial charge in [0.05, 0.1) is 5.56 Å². The number of amides is 1. The summed E-state index contributed by atoms with van der Waals surface area (Å²) in [5.41, 5.74) is 0.811. The Morgan fingerprint density at radius 1 is 1.28 bits per heavy atom. The van der Waals surface area contributed by atoms with Crippen LogP contribution in [0.1, 0.15) is 37.9 Å². The third-order valence-electron chi connectivity index (χ3n) is 5.27. The van der Waals surface area contributed by atoms with Crippen molar-refractivity contribution in [1.29, 1.82) is 0 Å². The van der Waals surface area contributed by atoms with Crippen molar-refractivity contribution < 1.29 is 18.0 Å². The van der Waals surface area contributed by atoms with Crippen LogP contribution in [0.5, 0.6) is 0 Å². The van der Waals surface area contributed by atoms with E-state index in [1.54, 1.807) is 6.07 Å². The van der Waals surface area contributed by atoms with E-state index in [1.807, 2.05) is 9.47 Å². The van der Waals surface area contributed by atoms with Crippen LogP contribution in [0.4, 0.5) is 13.2 Å². The molecule has 0 aromatic carbocycles. The van der Waals surface area contributed by atoms with Crippen molar-refractivity contribution in [3.05, 3.63) is 29.6 Å². The molecule has 0 bridgehead atoms. The summed E-state index contributed by atoms with van der Waals surface area (Å²) in [6.07, 6.45) is -1.46. The molecule has 4 nitrogen and oxygen atoms in total. The zero-order chi connectivity index (χ0) is 18.0. The molecule has 4 rings (SSSR count). The average Bonchev–Trinajstić information content (AvgIpc) is 3.00. The van der Waals surface area contributed by atoms with E-state index in [0.29, 0.717) is 30.4 Å². The summed E-state index contributed by atoms with van der Waals surface area (Å²) in [5.74, 6) is 0.178. The fourth-order valence-corrected chi connectivity index (χ4v) is 4.11. The first-order valence-electron chi connectivity index (χ1n) is 8.49. The lowest BCUT2D eigenvalue weighted by atomic mass is 9.93. The zero-order valence-electron chi connectivity index (χ0n) is 14.2. The first-order chi connectivity index (χ1) is 11.6. The molecule has 2 aliphatic rings. The topological polar surface area (TPSA) is 38.1 Å². The molecule has 134 valence electrons. The van der Waals surface area contributed by atoms with E-state index in [2.05, 4.69) is 18.8 Å². The number of pyridine rings is 1. The Hall–Kier alpha value is -2.05. The van der Waals surface area contributed by atoms with E-state index in [-0.39, 0.29) is 17.4 Å². The Morgan fingerprint density at radius 2 is 2.04 bits per heavy atom. The number of nitrogens with zero attached hydrogens (tertiary/aromatic N) is 3. The molecular weight excluding hydrogens is 331 g/mol. The van der Waals surface area contributed by atoms with Gasteiger partial charge in [-0.3, -0.25) is 4.79 Å². The monoisotopic (exact) mass is 351 g/mol. The van der Waals surface area contributed by atoms with Gasteiger partial charge >= 0.3 is 6.18 Å². The van der Waals surface area contributed by atoms with Gasteiger partial charge in [-0.05, 0) is 24.0 Å². The van der Waals surface area contributed by atoms with Gasteiger partial charge in [0.2, 0.25) is 5.91 Å². The Labute approximate surface area is 143 Å². The maximum Gasteiger partial charge on any atom is 0.417 e. The van der Waals surface area contributed by atoms with Gasteiger partial charge in [0.15, 0.2) is 0 Å². The Balaban J connectivity index is 1.64. The highest BCUT2D eigenvalue weighted by atomic mass is 19.4. The van der Waals surface area contributed by atoms with Crippen LogP contribution in [0.25, 0.3) is 11.0 Å². The second kappa shape index (κ2) is 5.22. The van der Waals surface area contributed by atoms with Gasteiger partial charge < -0.3 is 9.47 Å². The number of carbonyl (C=O) groups is 1. The van der Waals surface area contributed by atoms with Gasteiger partial charge in [-0.2, -0.15) is 13.2 Å². The Kier molecular flexibility index (Phi) is 3.43. The number of likely N-dealkylation sites (tertiary alicyclic amines) is 1. The van der Waals surface area contributed by atoms with Gasteiger partial charge in [0.1, 0.15) is 5.65 Å². The number of aromatic nitrogens is 2. The van der Waals surface area contributed by atoms with Crippen LogP contribution < -0.4 is 0 Å². The van der Waals surface area contributed by atoms with Crippen molar-refractivity contribution in [2.24, 2.45) is 5.41 Å². The summed E-state index contributed by atoms with van der Waals surface area (Å²) >= 11 is 0. The molecular formula is C18H20F3N3O. The molecule has 0 radical (unpaired) electrons. The van der Waals surface area contributed by atoms with E-state index in [4.69, 9.17) is 0 Å². The molecule has 1 fully saturated rings. The van der Waals surface area contributed by atoms with Crippen molar-refractivity contribution in [2.75, 3.05) is 6.54 Å². The lowest BCUT2D eigenvalue weighted by molar-refractivity contribution is -0.137. The lowest BCUT2D eigenvalue weighted by Gasteiger charge is -2.33. The molecule has 4 heterocycles. The van der Waals surface area contributed by atoms with Gasteiger partial charge in [0.25, 0.3) is 0 Å². The van der Waals surface area contributed by atoms with Crippen LogP contribution in [0, 0.1) is 5.41 Å². The summed E-state index contributed by atoms with van der Waals surface area (Å²) in [7, 11) is 0. The van der Waals surface area contributed by atoms with E-state index >= 15 is 0 Å². The van der Waals surface area contributed by atoms with Gasteiger partial charge in [-0.15, -0.1) is 0 Å². The quantitative estimate of drug-likeness (QED) is 0.787. The number of rotatable bonds is 1. The summed E-state index contributed by atoms with van der Waals surface area (Å²) < 4.78 is 40.7. The van der Waals surface area contributed by atoms with E-state index in [9.17, 15) is 18.0 Å². The van der Waals surface area contributed by atoms with Crippen LogP contribution >= 0.6 is 0 Å². The molecule has 2 aromatic heterocycles. The molecule has 1 unspecified atom stereocenters. The molecule has 0 aliphatic carbocycles. The van der Waals surface area contributed by atoms with E-state index in [0.717, 1.165) is 30.9 Å². The van der Waals surface area contributed by atoms with Gasteiger partial charge in [-0.25, -0.2) is 4.98 Å². The fourth-order valence-electron chi connectivity index (χ4n) is 4.11. The van der Waals surface area contributed by atoms with Crippen molar-refractivity contribution in [3.8, 4) is 0 Å². The van der Waals surface area contributed by atoms with Crippen LogP contribution in [0.2, 0.25) is 0 Å². The average molecular weight is 351 g/mol. The number of hydrogen-bond donors (Lipinski definition) is 0. The lowest BCUT2D eigenvalue weighted by Crippen LogP contribution is -2.41. The standard InChI is InChI=1S/C18H20F3N3O/c1-17(2)8-15(25)24(10-17)13-3-4-23-14(7-13)6-11-5-12(18(19,20)21)9-22-16(11)23/h5-6,9,13H,3-4,7-8,10H2,1-2H3. The normalized spacial score (nSPS) is 23.3. The number of aryl methyl sites for hydroxylation is 1. The fraction of sp³-hybridized carbons (Fsp3) is 0.556. The number of hydrogen-bond acceptors (Lipinski definition) is 2. The van der Waals surface area contributed by atoms with E-state index < -0.39 is 11.7 Å². The van der Waals surface area contributed by atoms with Crippen LogP contribution in [-0.4, -0.2) is 32.9 Å². The Morgan fingerprint density at radius 3 is 2.68 bits per heavy atom. The first kappa shape index (κ1) is 16.4. The molecule has 1 amide bonds. The van der Waals surface area contributed by atoms with Crippen molar-refractivity contribution >= 4 is 16.9 Å². The molecule has 25 heavy (non-hydrogen) atoms. The molecule has 0 saturated carbocycles. The number of halogens is 3. The van der Waals surface area contributed by atoms with Gasteiger partial charge in [-0.1, -0.05) is 13.8 Å². The summed E-state index contributed by atoms with van der Waals surface area (Å²) in [6, 6.07) is 3.07. The molecule has 2 aliphatic heterocycles. The van der Waals surface area contributed by atoms with Crippen LogP contribution in [0.15, 0.2) is 18.3 Å². The molecule has 0 spiro atoms. The summed E-state index contributed by atoms with van der Waals surface area (Å²) in [4.78, 5) is 18.3. The second-order valence-corrected chi connectivity index (χ2v) is 7.93. The molecule has 7 heteroatoms. The minimum atomic E-state index is -4.39. The third-order valence-corrected chi connectivity index (χ3v) is 5.27. The highest BCUT2D eigenvalue weighted by molar-refractivity contribution is 5.80. The number of carbonyl (C=O) groups excluding carboxylic acids is 1. The maximum absolute atomic E-state index is 12.9. The number of alkyl halides is 3. The predicted molar refractivity (Wildman–Crippen MR) is 87.0 cm³/mol. The highest BCUT2D eigenvalue weighted by Crippen LogP contribution is 2.36. The number of fused-ring (bicyclic) bond motifs is 3. The molecule has 1 atom stereocenters. The molecule has 2 aromatic rings. The van der Waals surface area contributed by atoms with Crippen molar-refractivity contribution in [1.82, 2.24) is 14.5 Å². The summed E-state index contributed by atoms with van der Waals surface area (Å²) in [5, 5.41) is 0.513. The smallest absolute Gasteiger partial charge is 0.339 e. The van der Waals surface area contributed by atoms with Crippen LogP contribution in [0.3, 0.4) is 0 Å². The minimum Gasteiger partial charge on any atom is -0.339 e. The summed E-state index contributed by atoms with van der Waals surface area (Å²) in [6.45, 7) is 5.60. The molecule has 0 N–H and O–H groups in total. The first-order valence-corrected chi connectivity index (χ1v) is 8.49. The second-order valence-electron chi connectivity index (χ2n) is 7.93. The van der Waals surface area contributed by atoms with Gasteiger partial charge in [0, 0.05) is 49.2 Å². The zero-order valence-corrected chi connectivity index (χ0v) is 14.2. The predicted octanol–water partition coefficient (Wildman–Crippen LogP) is 3.63. The Bertz CT molecular complexity index is 853. The largest absolute Gasteiger partial charge is 0.417 e. The van der Waals surface area contributed by atoms with Crippen molar-refractivity contribution in [2.45, 2.75) is 51.9 Å². The van der Waals surface area contributed by atoms with Crippen LogP contribution in [-0.2, 0) is 23.9 Å². The maximum atomic E-state index is 12.9. The van der Waals surface area contributed by atoms with E-state index in [1.165, 1.54) is 0 Å². The third kappa shape index (κ3) is 2.79. The van der Waals surface area contributed by atoms with Crippen molar-refractivity contribution in [3.63, 3.8) is 0 Å². The highest BCUT2D eigenvalue weighted by Gasteiger charge is 2.40. The SMILES string of the molecule is CC1(C)CC(=O)N(C2CCn3c(cc4cc(C(F)(F)F)cnc43)C2)C1. The molecule has 1 saturated heterocycles. The minimum absolute atomic E-state index is 0.00952.